The molecule has 1 aromatic carbocycles. The van der Waals surface area contributed by atoms with E-state index in [0.717, 1.165) is 34.6 Å². The van der Waals surface area contributed by atoms with Crippen molar-refractivity contribution in [1.82, 2.24) is 15.3 Å². The van der Waals surface area contributed by atoms with E-state index in [4.69, 9.17) is 0 Å². The Hall–Kier alpha value is -2.22. The van der Waals surface area contributed by atoms with Gasteiger partial charge in [-0.2, -0.15) is 11.8 Å². The highest BCUT2D eigenvalue weighted by molar-refractivity contribution is 7.98. The van der Waals surface area contributed by atoms with Crippen LogP contribution >= 0.6 is 23.1 Å². The molecule has 0 saturated carbocycles. The molecular weight excluding hydrogens is 376 g/mol. The Bertz CT molecular complexity index is 882. The van der Waals surface area contributed by atoms with Crippen LogP contribution in [0.15, 0.2) is 54.2 Å². The predicted octanol–water partition coefficient (Wildman–Crippen LogP) is 4.15. The van der Waals surface area contributed by atoms with Crippen molar-refractivity contribution in [3.63, 3.8) is 0 Å². The van der Waals surface area contributed by atoms with E-state index < -0.39 is 0 Å². The Kier molecular flexibility index (Phi) is 6.98. The van der Waals surface area contributed by atoms with Crippen LogP contribution in [0, 0.1) is 0 Å². The van der Waals surface area contributed by atoms with Crippen LogP contribution in [0.5, 0.6) is 0 Å². The molecule has 0 aliphatic rings. The van der Waals surface area contributed by atoms with Crippen molar-refractivity contribution < 1.29 is 4.79 Å². The number of hydrogen-bond donors (Lipinski definition) is 2. The number of carbonyl (C=O) groups excluding carboxylic acids is 1. The molecule has 0 bridgehead atoms. The van der Waals surface area contributed by atoms with E-state index in [2.05, 4.69) is 32.7 Å². The Morgan fingerprint density at radius 2 is 1.96 bits per heavy atom. The molecule has 0 saturated heterocycles. The second-order valence-electron chi connectivity index (χ2n) is 5.97. The summed E-state index contributed by atoms with van der Waals surface area (Å²) in [5, 5.41) is 8.58. The predicted molar refractivity (Wildman–Crippen MR) is 115 cm³/mol. The van der Waals surface area contributed by atoms with Gasteiger partial charge in [-0.05, 0) is 54.8 Å². The number of thioether (sulfide) groups is 1. The third-order valence-corrected chi connectivity index (χ3v) is 5.58. The fourth-order valence-corrected chi connectivity index (χ4v) is 3.89. The lowest BCUT2D eigenvalue weighted by atomic mass is 10.0. The van der Waals surface area contributed by atoms with Crippen molar-refractivity contribution >= 4 is 34.1 Å². The molecule has 140 valence electrons. The summed E-state index contributed by atoms with van der Waals surface area (Å²) < 4.78 is 0. The summed E-state index contributed by atoms with van der Waals surface area (Å²) in [6.45, 7) is 0. The van der Waals surface area contributed by atoms with Gasteiger partial charge < -0.3 is 10.6 Å². The number of nitrogens with zero attached hydrogens (tertiary/aromatic N) is 2. The quantitative estimate of drug-likeness (QED) is 0.597. The van der Waals surface area contributed by atoms with Crippen LogP contribution in [0.25, 0.3) is 22.4 Å². The maximum atomic E-state index is 12.4. The zero-order valence-electron chi connectivity index (χ0n) is 15.3. The first kappa shape index (κ1) is 19.5. The summed E-state index contributed by atoms with van der Waals surface area (Å²) in [7, 11) is 1.81. The molecule has 27 heavy (non-hydrogen) atoms. The number of likely N-dealkylation sites (N-methyl/N-ethyl adjacent to an activating group) is 1. The van der Waals surface area contributed by atoms with Crippen LogP contribution in [0.4, 0.5) is 5.13 Å². The Morgan fingerprint density at radius 1 is 1.19 bits per heavy atom. The monoisotopic (exact) mass is 398 g/mol. The SMILES string of the molecule is CNC(CCSC)C(=O)Nc1nc(-c2cccc(-c3ccncc3)c2)cs1. The lowest BCUT2D eigenvalue weighted by molar-refractivity contribution is -0.118. The maximum Gasteiger partial charge on any atom is 0.243 e. The van der Waals surface area contributed by atoms with Crippen LogP contribution in [0.1, 0.15) is 6.42 Å². The van der Waals surface area contributed by atoms with E-state index in [-0.39, 0.29) is 11.9 Å². The van der Waals surface area contributed by atoms with Gasteiger partial charge in [0.05, 0.1) is 11.7 Å². The number of rotatable bonds is 8. The van der Waals surface area contributed by atoms with Crippen LogP contribution in [-0.4, -0.2) is 41.0 Å². The molecule has 0 radical (unpaired) electrons. The minimum absolute atomic E-state index is 0.0435. The van der Waals surface area contributed by atoms with Crippen molar-refractivity contribution in [3.05, 3.63) is 54.2 Å². The highest BCUT2D eigenvalue weighted by Crippen LogP contribution is 2.28. The van der Waals surface area contributed by atoms with Crippen molar-refractivity contribution in [2.75, 3.05) is 24.4 Å². The number of carbonyl (C=O) groups is 1. The van der Waals surface area contributed by atoms with Crippen molar-refractivity contribution in [1.29, 1.82) is 0 Å². The molecule has 2 aromatic heterocycles. The number of hydrogen-bond acceptors (Lipinski definition) is 6. The van der Waals surface area contributed by atoms with Crippen LogP contribution in [0.3, 0.4) is 0 Å². The number of anilines is 1. The Morgan fingerprint density at radius 3 is 2.70 bits per heavy atom. The molecule has 2 heterocycles. The molecule has 0 fully saturated rings. The van der Waals surface area contributed by atoms with E-state index in [1.807, 2.05) is 42.9 Å². The second kappa shape index (κ2) is 9.64. The molecule has 7 heteroatoms. The van der Waals surface area contributed by atoms with Gasteiger partial charge in [0, 0.05) is 23.3 Å². The molecule has 2 N–H and O–H groups in total. The molecule has 3 rings (SSSR count). The number of nitrogens with one attached hydrogen (secondary N) is 2. The van der Waals surface area contributed by atoms with Gasteiger partial charge in [0.1, 0.15) is 0 Å². The van der Waals surface area contributed by atoms with Crippen LogP contribution in [0.2, 0.25) is 0 Å². The van der Waals surface area contributed by atoms with Crippen LogP contribution in [-0.2, 0) is 4.79 Å². The molecule has 5 nitrogen and oxygen atoms in total. The first-order valence-corrected chi connectivity index (χ1v) is 10.9. The van der Waals surface area contributed by atoms with E-state index in [0.29, 0.717) is 5.13 Å². The van der Waals surface area contributed by atoms with Gasteiger partial charge in [0.15, 0.2) is 5.13 Å². The first-order chi connectivity index (χ1) is 13.2. The Labute approximate surface area is 167 Å². The Balaban J connectivity index is 1.73. The minimum Gasteiger partial charge on any atom is -0.309 e. The zero-order valence-corrected chi connectivity index (χ0v) is 16.9. The molecule has 0 spiro atoms. The van der Waals surface area contributed by atoms with Gasteiger partial charge in [0.2, 0.25) is 5.91 Å². The number of benzene rings is 1. The standard InChI is InChI=1S/C20H22N4OS2/c1-21-17(8-11-26-2)19(25)24-20-23-18(13-27-20)16-5-3-4-15(12-16)14-6-9-22-10-7-14/h3-7,9-10,12-13,17,21H,8,11H2,1-2H3,(H,23,24,25). The molecule has 1 unspecified atom stereocenters. The van der Waals surface area contributed by atoms with Gasteiger partial charge in [-0.25, -0.2) is 4.98 Å². The van der Waals surface area contributed by atoms with Gasteiger partial charge in [-0.3, -0.25) is 9.78 Å². The number of thiazole rings is 1. The third-order valence-electron chi connectivity index (χ3n) is 4.18. The highest BCUT2D eigenvalue weighted by atomic mass is 32.2. The second-order valence-corrected chi connectivity index (χ2v) is 7.81. The average Bonchev–Trinajstić information content (AvgIpc) is 3.18. The van der Waals surface area contributed by atoms with Gasteiger partial charge in [-0.1, -0.05) is 18.2 Å². The maximum absolute atomic E-state index is 12.4. The normalized spacial score (nSPS) is 11.9. The molecular formula is C20H22N4OS2. The van der Waals surface area contributed by atoms with Crippen molar-refractivity contribution in [2.45, 2.75) is 12.5 Å². The van der Waals surface area contributed by atoms with Crippen molar-refractivity contribution in [2.24, 2.45) is 0 Å². The molecule has 0 aliphatic heterocycles. The fraction of sp³-hybridized carbons (Fsp3) is 0.250. The molecule has 1 amide bonds. The van der Waals surface area contributed by atoms with Crippen LogP contribution < -0.4 is 10.6 Å². The summed E-state index contributed by atoms with van der Waals surface area (Å²) >= 11 is 3.17. The van der Waals surface area contributed by atoms with Gasteiger partial charge in [0.25, 0.3) is 0 Å². The largest absolute Gasteiger partial charge is 0.309 e. The topological polar surface area (TPSA) is 66.9 Å². The highest BCUT2D eigenvalue weighted by Gasteiger charge is 2.17. The number of pyridine rings is 1. The summed E-state index contributed by atoms with van der Waals surface area (Å²) in [5.74, 6) is 0.891. The third kappa shape index (κ3) is 5.15. The lowest BCUT2D eigenvalue weighted by Crippen LogP contribution is -2.38. The summed E-state index contributed by atoms with van der Waals surface area (Å²) in [6.07, 6.45) is 6.40. The lowest BCUT2D eigenvalue weighted by Gasteiger charge is -2.14. The van der Waals surface area contributed by atoms with E-state index in [1.165, 1.54) is 11.3 Å². The van der Waals surface area contributed by atoms with Gasteiger partial charge >= 0.3 is 0 Å². The minimum atomic E-state index is -0.209. The average molecular weight is 399 g/mol. The first-order valence-electron chi connectivity index (χ1n) is 8.64. The molecule has 1 atom stereocenters. The molecule has 3 aromatic rings. The zero-order chi connectivity index (χ0) is 19.1. The van der Waals surface area contributed by atoms with E-state index >= 15 is 0 Å². The summed E-state index contributed by atoms with van der Waals surface area (Å²) in [6, 6.07) is 12.0. The van der Waals surface area contributed by atoms with Crippen molar-refractivity contribution in [3.8, 4) is 22.4 Å². The fourth-order valence-electron chi connectivity index (χ4n) is 2.70. The number of aromatic nitrogens is 2. The van der Waals surface area contributed by atoms with E-state index in [1.54, 1.807) is 24.2 Å². The summed E-state index contributed by atoms with van der Waals surface area (Å²) in [4.78, 5) is 21.1. The summed E-state index contributed by atoms with van der Waals surface area (Å²) in [5.41, 5.74) is 4.10. The van der Waals surface area contributed by atoms with Gasteiger partial charge in [-0.15, -0.1) is 11.3 Å². The van der Waals surface area contributed by atoms with E-state index in [9.17, 15) is 4.79 Å². The smallest absolute Gasteiger partial charge is 0.243 e. The molecule has 0 aliphatic carbocycles. The number of amides is 1.